The van der Waals surface area contributed by atoms with Crippen molar-refractivity contribution in [2.24, 2.45) is 5.92 Å². The molecule has 2 rings (SSSR count). The van der Waals surface area contributed by atoms with E-state index in [1.54, 1.807) is 6.07 Å². The number of aromatic nitrogens is 2. The topological polar surface area (TPSA) is 57.8 Å². The normalized spacial score (nSPS) is 16.6. The summed E-state index contributed by atoms with van der Waals surface area (Å²) in [5.74, 6) is 2.46. The van der Waals surface area contributed by atoms with E-state index < -0.39 is 0 Å². The largest absolute Gasteiger partial charge is 0.370 e. The average Bonchev–Trinajstić information content (AvgIpc) is 2.78. The first-order valence-corrected chi connectivity index (χ1v) is 6.50. The molecule has 4 heteroatoms. The van der Waals surface area contributed by atoms with Gasteiger partial charge in [0.2, 0.25) is 0 Å². The van der Waals surface area contributed by atoms with Gasteiger partial charge in [-0.05, 0) is 18.8 Å². The molecule has 0 atom stereocenters. The fraction of sp³-hybridized carbons (Fsp3) is 0.692. The molecular weight excluding hydrogens is 214 g/mol. The Morgan fingerprint density at radius 3 is 2.82 bits per heavy atom. The van der Waals surface area contributed by atoms with Crippen molar-refractivity contribution in [1.29, 1.82) is 0 Å². The van der Waals surface area contributed by atoms with Crippen LogP contribution in [0.3, 0.4) is 0 Å². The molecule has 2 N–H and O–H groups in total. The van der Waals surface area contributed by atoms with Gasteiger partial charge in [0.05, 0.1) is 0 Å². The Labute approximate surface area is 102 Å². The molecule has 1 aromatic rings. The van der Waals surface area contributed by atoms with Gasteiger partial charge >= 0.3 is 0 Å². The molecule has 1 aliphatic carbocycles. The molecule has 4 nitrogen and oxygen atoms in total. The molecule has 1 fully saturated rings. The van der Waals surface area contributed by atoms with E-state index >= 15 is 0 Å². The molecule has 0 bridgehead atoms. The van der Waals surface area contributed by atoms with Crippen molar-refractivity contribution in [3.8, 4) is 0 Å². The quantitative estimate of drug-likeness (QED) is 0.843. The van der Waals surface area contributed by atoms with Gasteiger partial charge in [0.1, 0.15) is 11.6 Å². The van der Waals surface area contributed by atoms with Gasteiger partial charge < -0.3 is 10.3 Å². The maximum Gasteiger partial charge on any atom is 0.252 e. The number of aromatic amines is 1. The summed E-state index contributed by atoms with van der Waals surface area (Å²) in [5, 5.41) is 3.29. The second kappa shape index (κ2) is 5.34. The van der Waals surface area contributed by atoms with Crippen molar-refractivity contribution >= 4 is 5.82 Å². The first kappa shape index (κ1) is 12.1. The summed E-state index contributed by atoms with van der Waals surface area (Å²) in [6.45, 7) is 4.99. The second-order valence-electron chi connectivity index (χ2n) is 5.20. The molecule has 0 aromatic carbocycles. The van der Waals surface area contributed by atoms with E-state index in [1.807, 2.05) is 13.8 Å². The molecule has 0 unspecified atom stereocenters. The fourth-order valence-corrected chi connectivity index (χ4v) is 2.30. The molecule has 1 aliphatic rings. The van der Waals surface area contributed by atoms with E-state index in [-0.39, 0.29) is 11.5 Å². The minimum absolute atomic E-state index is 0.0716. The van der Waals surface area contributed by atoms with Crippen LogP contribution in [-0.2, 0) is 0 Å². The summed E-state index contributed by atoms with van der Waals surface area (Å²) < 4.78 is 0. The van der Waals surface area contributed by atoms with Crippen molar-refractivity contribution < 1.29 is 0 Å². The molecule has 0 amide bonds. The molecule has 17 heavy (non-hydrogen) atoms. The number of hydrogen-bond donors (Lipinski definition) is 2. The zero-order valence-electron chi connectivity index (χ0n) is 10.6. The summed E-state index contributed by atoms with van der Waals surface area (Å²) in [6, 6.07) is 1.54. The highest BCUT2D eigenvalue weighted by Crippen LogP contribution is 2.24. The number of rotatable bonds is 4. The minimum atomic E-state index is -0.0716. The molecule has 0 saturated heterocycles. The molecule has 0 aliphatic heterocycles. The highest BCUT2D eigenvalue weighted by molar-refractivity contribution is 5.33. The van der Waals surface area contributed by atoms with Crippen LogP contribution in [0.5, 0.6) is 0 Å². The van der Waals surface area contributed by atoms with E-state index in [2.05, 4.69) is 15.3 Å². The SMILES string of the molecule is CC(C)c1nc(NCC2CCCC2)cc(=O)[nH]1. The van der Waals surface area contributed by atoms with Crippen LogP contribution >= 0.6 is 0 Å². The van der Waals surface area contributed by atoms with E-state index in [0.717, 1.165) is 18.3 Å². The summed E-state index contributed by atoms with van der Waals surface area (Å²) in [6.07, 6.45) is 5.28. The van der Waals surface area contributed by atoms with Crippen molar-refractivity contribution in [1.82, 2.24) is 9.97 Å². The van der Waals surface area contributed by atoms with E-state index in [1.165, 1.54) is 25.7 Å². The number of H-pyrrole nitrogens is 1. The van der Waals surface area contributed by atoms with Crippen LogP contribution in [0.2, 0.25) is 0 Å². The third-order valence-electron chi connectivity index (χ3n) is 3.35. The second-order valence-corrected chi connectivity index (χ2v) is 5.20. The monoisotopic (exact) mass is 235 g/mol. The zero-order valence-corrected chi connectivity index (χ0v) is 10.6. The van der Waals surface area contributed by atoms with Crippen LogP contribution in [0, 0.1) is 5.92 Å². The summed E-state index contributed by atoms with van der Waals surface area (Å²) in [4.78, 5) is 18.7. The zero-order chi connectivity index (χ0) is 12.3. The molecule has 94 valence electrons. The molecule has 1 heterocycles. The van der Waals surface area contributed by atoms with Gasteiger partial charge in [-0.25, -0.2) is 4.98 Å². The van der Waals surface area contributed by atoms with Gasteiger partial charge in [-0.2, -0.15) is 0 Å². The standard InChI is InChI=1S/C13H21N3O/c1-9(2)13-15-11(7-12(17)16-13)14-8-10-5-3-4-6-10/h7,9-10H,3-6,8H2,1-2H3,(H2,14,15,16,17). The predicted octanol–water partition coefficient (Wildman–Crippen LogP) is 2.50. The third kappa shape index (κ3) is 3.32. The lowest BCUT2D eigenvalue weighted by atomic mass is 10.1. The van der Waals surface area contributed by atoms with E-state index in [0.29, 0.717) is 5.82 Å². The van der Waals surface area contributed by atoms with E-state index in [9.17, 15) is 4.79 Å². The maximum absolute atomic E-state index is 11.5. The molecular formula is C13H21N3O. The Bertz CT molecular complexity index is 419. The lowest BCUT2D eigenvalue weighted by molar-refractivity contribution is 0.578. The van der Waals surface area contributed by atoms with E-state index in [4.69, 9.17) is 0 Å². The molecule has 1 aromatic heterocycles. The van der Waals surface area contributed by atoms with Crippen molar-refractivity contribution in [2.75, 3.05) is 11.9 Å². The maximum atomic E-state index is 11.5. The van der Waals surface area contributed by atoms with Crippen LogP contribution in [-0.4, -0.2) is 16.5 Å². The predicted molar refractivity (Wildman–Crippen MR) is 69.4 cm³/mol. The third-order valence-corrected chi connectivity index (χ3v) is 3.35. The molecule has 1 saturated carbocycles. The minimum Gasteiger partial charge on any atom is -0.370 e. The van der Waals surface area contributed by atoms with Gasteiger partial charge in [-0.15, -0.1) is 0 Å². The highest BCUT2D eigenvalue weighted by Gasteiger charge is 2.15. The smallest absolute Gasteiger partial charge is 0.252 e. The lowest BCUT2D eigenvalue weighted by Crippen LogP contribution is -2.17. The Balaban J connectivity index is 2.02. The Kier molecular flexibility index (Phi) is 3.82. The van der Waals surface area contributed by atoms with Crippen LogP contribution in [0.25, 0.3) is 0 Å². The Morgan fingerprint density at radius 1 is 1.47 bits per heavy atom. The van der Waals surface area contributed by atoms with Gasteiger partial charge in [0.15, 0.2) is 0 Å². The molecule has 0 spiro atoms. The summed E-state index contributed by atoms with van der Waals surface area (Å²) in [7, 11) is 0. The van der Waals surface area contributed by atoms with Crippen LogP contribution < -0.4 is 10.9 Å². The van der Waals surface area contributed by atoms with Gasteiger partial charge in [0, 0.05) is 18.5 Å². The number of hydrogen-bond acceptors (Lipinski definition) is 3. The van der Waals surface area contributed by atoms with Crippen molar-refractivity contribution in [3.63, 3.8) is 0 Å². The van der Waals surface area contributed by atoms with Crippen LogP contribution in [0.1, 0.15) is 51.3 Å². The molecule has 0 radical (unpaired) electrons. The van der Waals surface area contributed by atoms with Gasteiger partial charge in [-0.3, -0.25) is 4.79 Å². The van der Waals surface area contributed by atoms with Crippen molar-refractivity contribution in [3.05, 3.63) is 22.2 Å². The number of nitrogens with one attached hydrogen (secondary N) is 2. The van der Waals surface area contributed by atoms with Crippen LogP contribution in [0.4, 0.5) is 5.82 Å². The van der Waals surface area contributed by atoms with Gasteiger partial charge in [0.25, 0.3) is 5.56 Å². The fourth-order valence-electron chi connectivity index (χ4n) is 2.30. The first-order chi connectivity index (χ1) is 8.15. The van der Waals surface area contributed by atoms with Crippen molar-refractivity contribution in [2.45, 2.75) is 45.4 Å². The summed E-state index contributed by atoms with van der Waals surface area (Å²) >= 11 is 0. The van der Waals surface area contributed by atoms with Gasteiger partial charge in [-0.1, -0.05) is 26.7 Å². The van der Waals surface area contributed by atoms with Crippen LogP contribution in [0.15, 0.2) is 10.9 Å². The number of nitrogens with zero attached hydrogens (tertiary/aromatic N) is 1. The Morgan fingerprint density at radius 2 is 2.18 bits per heavy atom. The summed E-state index contributed by atoms with van der Waals surface area (Å²) in [5.41, 5.74) is -0.0716. The Hall–Kier alpha value is -1.32. The first-order valence-electron chi connectivity index (χ1n) is 6.50. The lowest BCUT2D eigenvalue weighted by Gasteiger charge is -2.12. The highest BCUT2D eigenvalue weighted by atomic mass is 16.1. The number of anilines is 1. The average molecular weight is 235 g/mol.